The standard InChI is InChI=1S/C8H7F3N6OS/c9-8(10,11)6-15-7(17-16-6)14-5(18)3-2-19-4(1-12)13-3/h2H,1,12H2,(H2,14,15,16,17,18). The van der Waals surface area contributed by atoms with Crippen LogP contribution in [0.4, 0.5) is 19.1 Å². The molecule has 19 heavy (non-hydrogen) atoms. The van der Waals surface area contributed by atoms with E-state index in [2.05, 4.69) is 20.4 Å². The SMILES string of the molecule is NCc1nc(C(=O)Nc2n[nH]c(C(F)(F)F)n2)cs1. The van der Waals surface area contributed by atoms with Crippen LogP contribution in [0.15, 0.2) is 5.38 Å². The van der Waals surface area contributed by atoms with Crippen molar-refractivity contribution in [1.29, 1.82) is 0 Å². The minimum absolute atomic E-state index is 0.0452. The van der Waals surface area contributed by atoms with Crippen molar-refractivity contribution >= 4 is 23.2 Å². The maximum atomic E-state index is 12.2. The highest BCUT2D eigenvalue weighted by atomic mass is 32.1. The van der Waals surface area contributed by atoms with Crippen LogP contribution < -0.4 is 11.1 Å². The van der Waals surface area contributed by atoms with Gasteiger partial charge in [0, 0.05) is 11.9 Å². The number of carbonyl (C=O) groups excluding carboxylic acids is 1. The van der Waals surface area contributed by atoms with E-state index in [1.54, 1.807) is 5.10 Å². The molecule has 11 heteroatoms. The summed E-state index contributed by atoms with van der Waals surface area (Å²) in [6.45, 7) is 0.177. The number of rotatable bonds is 3. The van der Waals surface area contributed by atoms with Gasteiger partial charge in [0.2, 0.25) is 11.8 Å². The fraction of sp³-hybridized carbons (Fsp3) is 0.250. The Balaban J connectivity index is 2.09. The molecule has 0 fully saturated rings. The molecule has 0 radical (unpaired) electrons. The topological polar surface area (TPSA) is 110 Å². The number of amides is 1. The van der Waals surface area contributed by atoms with Crippen molar-refractivity contribution in [3.8, 4) is 0 Å². The molecule has 102 valence electrons. The minimum Gasteiger partial charge on any atom is -0.325 e. The first kappa shape index (κ1) is 13.4. The smallest absolute Gasteiger partial charge is 0.325 e. The molecule has 2 aromatic rings. The Hall–Kier alpha value is -2.01. The molecule has 2 heterocycles. The molecule has 1 amide bonds. The van der Waals surface area contributed by atoms with Gasteiger partial charge in [-0.05, 0) is 0 Å². The molecular formula is C8H7F3N6OS. The van der Waals surface area contributed by atoms with E-state index >= 15 is 0 Å². The number of nitrogens with two attached hydrogens (primary N) is 1. The van der Waals surface area contributed by atoms with Crippen LogP contribution in [0.5, 0.6) is 0 Å². The number of H-pyrrole nitrogens is 1. The number of hydrogen-bond donors (Lipinski definition) is 3. The molecule has 0 saturated carbocycles. The Labute approximate surface area is 108 Å². The van der Waals surface area contributed by atoms with Gasteiger partial charge in [-0.1, -0.05) is 0 Å². The summed E-state index contributed by atoms with van der Waals surface area (Å²) in [5.41, 5.74) is 5.37. The number of aromatic amines is 1. The van der Waals surface area contributed by atoms with Crippen molar-refractivity contribution in [1.82, 2.24) is 20.2 Å². The van der Waals surface area contributed by atoms with E-state index in [0.717, 1.165) is 0 Å². The Morgan fingerprint density at radius 1 is 1.47 bits per heavy atom. The third-order valence-corrected chi connectivity index (χ3v) is 2.81. The van der Waals surface area contributed by atoms with Gasteiger partial charge in [0.25, 0.3) is 5.91 Å². The predicted molar refractivity (Wildman–Crippen MR) is 59.3 cm³/mol. The lowest BCUT2D eigenvalue weighted by Crippen LogP contribution is -2.14. The summed E-state index contributed by atoms with van der Waals surface area (Å²) in [5.74, 6) is -2.47. The number of hydrogen-bond acceptors (Lipinski definition) is 6. The summed E-state index contributed by atoms with van der Waals surface area (Å²) in [4.78, 5) is 18.6. The summed E-state index contributed by atoms with van der Waals surface area (Å²) in [6, 6.07) is 0. The zero-order valence-electron chi connectivity index (χ0n) is 9.15. The van der Waals surface area contributed by atoms with Gasteiger partial charge in [-0.15, -0.1) is 16.4 Å². The van der Waals surface area contributed by atoms with Gasteiger partial charge in [-0.2, -0.15) is 18.2 Å². The van der Waals surface area contributed by atoms with E-state index in [9.17, 15) is 18.0 Å². The highest BCUT2D eigenvalue weighted by Gasteiger charge is 2.35. The van der Waals surface area contributed by atoms with Gasteiger partial charge in [-0.3, -0.25) is 15.2 Å². The molecule has 0 aliphatic rings. The van der Waals surface area contributed by atoms with Crippen molar-refractivity contribution in [3.63, 3.8) is 0 Å². The molecule has 2 aromatic heterocycles. The number of aromatic nitrogens is 4. The molecule has 7 nitrogen and oxygen atoms in total. The molecule has 0 aromatic carbocycles. The number of nitrogens with zero attached hydrogens (tertiary/aromatic N) is 3. The Morgan fingerprint density at radius 3 is 2.74 bits per heavy atom. The van der Waals surface area contributed by atoms with E-state index in [4.69, 9.17) is 5.73 Å². The first-order valence-electron chi connectivity index (χ1n) is 4.85. The molecule has 0 aliphatic heterocycles. The van der Waals surface area contributed by atoms with Gasteiger partial charge in [0.15, 0.2) is 0 Å². The lowest BCUT2D eigenvalue weighted by molar-refractivity contribution is -0.144. The van der Waals surface area contributed by atoms with Crippen LogP contribution in [-0.4, -0.2) is 26.1 Å². The molecule has 0 unspecified atom stereocenters. The van der Waals surface area contributed by atoms with E-state index < -0.39 is 23.9 Å². The van der Waals surface area contributed by atoms with Crippen LogP contribution in [-0.2, 0) is 12.7 Å². The normalized spacial score (nSPS) is 11.6. The Bertz CT molecular complexity index is 591. The van der Waals surface area contributed by atoms with Crippen molar-refractivity contribution in [3.05, 3.63) is 21.9 Å². The summed E-state index contributed by atoms with van der Waals surface area (Å²) in [6.07, 6.45) is -4.65. The van der Waals surface area contributed by atoms with E-state index in [-0.39, 0.29) is 12.2 Å². The minimum atomic E-state index is -4.65. The summed E-state index contributed by atoms with van der Waals surface area (Å²) < 4.78 is 36.7. The molecule has 4 N–H and O–H groups in total. The van der Waals surface area contributed by atoms with Crippen LogP contribution in [0.3, 0.4) is 0 Å². The number of nitrogens with one attached hydrogen (secondary N) is 2. The number of carbonyl (C=O) groups is 1. The largest absolute Gasteiger partial charge is 0.451 e. The van der Waals surface area contributed by atoms with Crippen LogP contribution >= 0.6 is 11.3 Å². The van der Waals surface area contributed by atoms with Gasteiger partial charge < -0.3 is 5.73 Å². The highest BCUT2D eigenvalue weighted by Crippen LogP contribution is 2.26. The van der Waals surface area contributed by atoms with Crippen molar-refractivity contribution in [2.24, 2.45) is 5.73 Å². The van der Waals surface area contributed by atoms with Gasteiger partial charge in [0.05, 0.1) is 0 Å². The maximum absolute atomic E-state index is 12.2. The van der Waals surface area contributed by atoms with Gasteiger partial charge in [0.1, 0.15) is 10.7 Å². The second-order valence-corrected chi connectivity index (χ2v) is 4.23. The fourth-order valence-corrected chi connectivity index (χ4v) is 1.77. The van der Waals surface area contributed by atoms with E-state index in [1.807, 2.05) is 0 Å². The summed E-state index contributed by atoms with van der Waals surface area (Å²) in [7, 11) is 0. The average Bonchev–Trinajstić information content (AvgIpc) is 2.95. The lowest BCUT2D eigenvalue weighted by atomic mass is 10.4. The second-order valence-electron chi connectivity index (χ2n) is 3.29. The Morgan fingerprint density at radius 2 is 2.21 bits per heavy atom. The third kappa shape index (κ3) is 3.06. The monoisotopic (exact) mass is 292 g/mol. The molecule has 0 aliphatic carbocycles. The number of halogens is 3. The number of alkyl halides is 3. The zero-order chi connectivity index (χ0) is 14.0. The predicted octanol–water partition coefficient (Wildman–Crippen LogP) is 0.991. The number of anilines is 1. The molecular weight excluding hydrogens is 285 g/mol. The van der Waals surface area contributed by atoms with E-state index in [1.165, 1.54) is 16.7 Å². The van der Waals surface area contributed by atoms with Gasteiger partial charge in [-0.25, -0.2) is 4.98 Å². The van der Waals surface area contributed by atoms with Crippen LogP contribution in [0.2, 0.25) is 0 Å². The van der Waals surface area contributed by atoms with Crippen LogP contribution in [0.1, 0.15) is 21.3 Å². The summed E-state index contributed by atoms with van der Waals surface area (Å²) in [5, 5.41) is 8.99. The molecule has 0 atom stereocenters. The molecule has 0 spiro atoms. The van der Waals surface area contributed by atoms with Crippen molar-refractivity contribution < 1.29 is 18.0 Å². The van der Waals surface area contributed by atoms with Gasteiger partial charge >= 0.3 is 6.18 Å². The lowest BCUT2D eigenvalue weighted by Gasteiger charge is -1.99. The molecule has 0 saturated heterocycles. The average molecular weight is 292 g/mol. The van der Waals surface area contributed by atoms with Crippen molar-refractivity contribution in [2.45, 2.75) is 12.7 Å². The summed E-state index contributed by atoms with van der Waals surface area (Å²) >= 11 is 1.17. The molecule has 0 bridgehead atoms. The third-order valence-electron chi connectivity index (χ3n) is 1.94. The quantitative estimate of drug-likeness (QED) is 0.781. The fourth-order valence-electron chi connectivity index (χ4n) is 1.12. The van der Waals surface area contributed by atoms with Crippen molar-refractivity contribution in [2.75, 3.05) is 5.32 Å². The second kappa shape index (κ2) is 4.93. The Kier molecular flexibility index (Phi) is 3.48. The molecule has 2 rings (SSSR count). The van der Waals surface area contributed by atoms with Crippen LogP contribution in [0, 0.1) is 0 Å². The highest BCUT2D eigenvalue weighted by molar-refractivity contribution is 7.09. The zero-order valence-corrected chi connectivity index (χ0v) is 9.97. The first-order valence-corrected chi connectivity index (χ1v) is 5.73. The number of thiazole rings is 1. The van der Waals surface area contributed by atoms with E-state index in [0.29, 0.717) is 5.01 Å². The first-order chi connectivity index (χ1) is 8.90. The maximum Gasteiger partial charge on any atom is 0.451 e. The van der Waals surface area contributed by atoms with Crippen LogP contribution in [0.25, 0.3) is 0 Å².